The van der Waals surface area contributed by atoms with Crippen molar-refractivity contribution in [2.45, 2.75) is 31.3 Å². The molecule has 2 fully saturated rings. The second-order valence-electron chi connectivity index (χ2n) is 16.5. The fraction of sp³-hybridized carbons (Fsp3) is 0.235. The van der Waals surface area contributed by atoms with E-state index in [1.54, 1.807) is 54.6 Å². The van der Waals surface area contributed by atoms with E-state index in [-0.39, 0.29) is 35.9 Å². The van der Waals surface area contributed by atoms with Gasteiger partial charge in [0.2, 0.25) is 11.2 Å². The van der Waals surface area contributed by atoms with Gasteiger partial charge in [-0.3, -0.25) is 14.5 Å². The summed E-state index contributed by atoms with van der Waals surface area (Å²) < 4.78 is 5.96. The number of esters is 1. The number of nitrogens with zero attached hydrogens (tertiary/aromatic N) is 1. The zero-order chi connectivity index (χ0) is 43.5. The second kappa shape index (κ2) is 18.1. The maximum absolute atomic E-state index is 14.0. The summed E-state index contributed by atoms with van der Waals surface area (Å²) in [6.07, 6.45) is -0.887. The van der Waals surface area contributed by atoms with E-state index in [1.165, 1.54) is 29.0 Å². The number of thiophene rings is 1. The topological polar surface area (TPSA) is 164 Å². The minimum atomic E-state index is -2.01. The number of amides is 1. The number of hydrogen-bond donors (Lipinski definition) is 6. The number of fused-ring (bicyclic) bond motifs is 2. The van der Waals surface area contributed by atoms with Crippen molar-refractivity contribution in [2.24, 2.45) is 17.8 Å². The van der Waals surface area contributed by atoms with E-state index in [2.05, 4.69) is 44.8 Å². The van der Waals surface area contributed by atoms with Crippen LogP contribution in [0, 0.1) is 17.8 Å². The van der Waals surface area contributed by atoms with E-state index in [1.807, 2.05) is 54.6 Å². The molecule has 2 aromatic heterocycles. The van der Waals surface area contributed by atoms with Crippen LogP contribution in [0.25, 0.3) is 21.3 Å². The summed E-state index contributed by atoms with van der Waals surface area (Å²) in [5, 5.41) is 40.1. The second-order valence-corrected chi connectivity index (χ2v) is 17.7. The van der Waals surface area contributed by atoms with E-state index < -0.39 is 17.7 Å². The number of ether oxygens (including phenoxy) is 1. The SMILES string of the molecule is O=C(NCc1ccc(-c2cccc(C(O)(C(=O)OCC3C4CN(Cc5ccccc5)C[C@@H]34)c3ccccc3)c2)s1)c1ccc(CNC[C@H](O)c2ccc(O)c3[nH]c(=O)ccc23)cc1. The van der Waals surface area contributed by atoms with Crippen LogP contribution < -0.4 is 16.2 Å². The lowest BCUT2D eigenvalue weighted by Gasteiger charge is -2.28. The number of aliphatic hydroxyl groups is 2. The van der Waals surface area contributed by atoms with Crippen LogP contribution in [0.5, 0.6) is 5.75 Å². The Morgan fingerprint density at radius 2 is 1.54 bits per heavy atom. The van der Waals surface area contributed by atoms with E-state index in [4.69, 9.17) is 4.74 Å². The number of phenolic OH excluding ortho intramolecular Hbond substituents is 1. The van der Waals surface area contributed by atoms with Gasteiger partial charge < -0.3 is 35.7 Å². The molecule has 0 spiro atoms. The predicted octanol–water partition coefficient (Wildman–Crippen LogP) is 6.87. The molecule has 63 heavy (non-hydrogen) atoms. The molecule has 0 bridgehead atoms. The van der Waals surface area contributed by atoms with Crippen LogP contribution in [0.15, 0.2) is 150 Å². The van der Waals surface area contributed by atoms with E-state index in [9.17, 15) is 29.7 Å². The van der Waals surface area contributed by atoms with Gasteiger partial charge in [0.15, 0.2) is 0 Å². The van der Waals surface area contributed by atoms with Gasteiger partial charge >= 0.3 is 5.97 Å². The lowest BCUT2D eigenvalue weighted by atomic mass is 9.85. The van der Waals surface area contributed by atoms with Crippen molar-refractivity contribution in [1.29, 1.82) is 0 Å². The Morgan fingerprint density at radius 3 is 2.30 bits per heavy atom. The molecule has 1 aliphatic heterocycles. The molecule has 1 amide bonds. The molecule has 1 aliphatic carbocycles. The molecule has 3 unspecified atom stereocenters. The number of likely N-dealkylation sites (tertiary alicyclic amines) is 1. The van der Waals surface area contributed by atoms with Crippen LogP contribution in [0.3, 0.4) is 0 Å². The summed E-state index contributed by atoms with van der Waals surface area (Å²) in [6.45, 7) is 4.16. The quantitative estimate of drug-likeness (QED) is 0.0570. The predicted molar refractivity (Wildman–Crippen MR) is 243 cm³/mol. The number of benzene rings is 5. The van der Waals surface area contributed by atoms with Gasteiger partial charge in [-0.1, -0.05) is 97.1 Å². The van der Waals surface area contributed by atoms with Crippen molar-refractivity contribution in [3.63, 3.8) is 0 Å². The van der Waals surface area contributed by atoms with Gasteiger partial charge in [-0.2, -0.15) is 0 Å². The largest absolute Gasteiger partial charge is 0.506 e. The first-order valence-electron chi connectivity index (χ1n) is 21.2. The number of phenols is 1. The van der Waals surface area contributed by atoms with Crippen LogP contribution in [0.4, 0.5) is 0 Å². The Kier molecular flexibility index (Phi) is 12.1. The molecule has 3 heterocycles. The number of aromatic amines is 1. The smallest absolute Gasteiger partial charge is 0.347 e. The fourth-order valence-electron chi connectivity index (χ4n) is 8.89. The fourth-order valence-corrected chi connectivity index (χ4v) is 9.84. The van der Waals surface area contributed by atoms with Gasteiger partial charge in [-0.05, 0) is 82.1 Å². The number of aromatic hydroxyl groups is 1. The van der Waals surface area contributed by atoms with Crippen LogP contribution in [-0.2, 0) is 34.8 Å². The highest BCUT2D eigenvalue weighted by Gasteiger charge is 2.56. The van der Waals surface area contributed by atoms with Crippen molar-refractivity contribution in [1.82, 2.24) is 20.5 Å². The third kappa shape index (κ3) is 9.08. The number of nitrogens with one attached hydrogen (secondary N) is 3. The molecule has 5 atom stereocenters. The summed E-state index contributed by atoms with van der Waals surface area (Å²) in [5.74, 6) is 0.310. The molecule has 9 rings (SSSR count). The highest BCUT2D eigenvalue weighted by Crippen LogP contribution is 2.52. The molecule has 0 radical (unpaired) electrons. The first kappa shape index (κ1) is 41.9. The molecule has 320 valence electrons. The average Bonchev–Trinajstić information content (AvgIpc) is 3.58. The summed E-state index contributed by atoms with van der Waals surface area (Å²) in [5.41, 5.74) is 2.94. The van der Waals surface area contributed by atoms with Crippen LogP contribution in [0.1, 0.15) is 49.2 Å². The third-order valence-electron chi connectivity index (χ3n) is 12.4. The molecule has 1 saturated heterocycles. The summed E-state index contributed by atoms with van der Waals surface area (Å²) >= 11 is 1.52. The number of aliphatic hydroxyl groups excluding tert-OH is 1. The normalized spacial score (nSPS) is 18.3. The summed E-state index contributed by atoms with van der Waals surface area (Å²) in [6, 6.07) is 44.0. The molecule has 7 aromatic rings. The number of rotatable bonds is 16. The maximum Gasteiger partial charge on any atom is 0.347 e. The minimum Gasteiger partial charge on any atom is -0.506 e. The van der Waals surface area contributed by atoms with Gasteiger partial charge in [-0.25, -0.2) is 4.79 Å². The lowest BCUT2D eigenvalue weighted by Crippen LogP contribution is -2.39. The number of pyridine rings is 1. The average molecular weight is 861 g/mol. The van der Waals surface area contributed by atoms with E-state index in [0.29, 0.717) is 58.5 Å². The van der Waals surface area contributed by atoms with Crippen LogP contribution in [0.2, 0.25) is 0 Å². The maximum atomic E-state index is 14.0. The number of hydrogen-bond acceptors (Lipinski definition) is 10. The zero-order valence-corrected chi connectivity index (χ0v) is 35.3. The molecule has 6 N–H and O–H groups in total. The standard InChI is InChI=1S/C51H48N4O7S/c56-44-21-19-39(40-20-23-47(58)54-48(40)44)45(57)27-52-25-32-14-16-34(17-15-32)49(59)53-26-38-18-22-46(63-38)35-10-7-13-37(24-35)51(61,36-11-5-2-6-12-36)50(60)62-31-43-41-29-55(30-42(41)43)28-33-8-3-1-4-9-33/h1-24,41-43,45,52,56-57,61H,25-31H2,(H,53,59)(H,54,58)/t41-,42?,43?,45+,51?/m1/s1. The molecular formula is C51H48N4O7S. The van der Waals surface area contributed by atoms with Crippen LogP contribution >= 0.6 is 11.3 Å². The molecule has 12 heteroatoms. The van der Waals surface area contributed by atoms with E-state index in [0.717, 1.165) is 40.5 Å². The molecular weight excluding hydrogens is 813 g/mol. The number of carbonyl (C=O) groups is 2. The highest BCUT2D eigenvalue weighted by atomic mass is 32.1. The first-order chi connectivity index (χ1) is 30.6. The lowest BCUT2D eigenvalue weighted by molar-refractivity contribution is -0.163. The Labute approximate surface area is 368 Å². The Balaban J connectivity index is 0.785. The number of aromatic nitrogens is 1. The van der Waals surface area contributed by atoms with Gasteiger partial charge in [-0.15, -0.1) is 11.3 Å². The molecule has 2 aliphatic rings. The Hall–Kier alpha value is -6.41. The van der Waals surface area contributed by atoms with Crippen molar-refractivity contribution < 1.29 is 29.6 Å². The van der Waals surface area contributed by atoms with Crippen molar-refractivity contribution in [3.8, 4) is 16.2 Å². The Bertz CT molecular complexity index is 2780. The molecule has 11 nitrogen and oxygen atoms in total. The first-order valence-corrected chi connectivity index (χ1v) is 22.0. The summed E-state index contributed by atoms with van der Waals surface area (Å²) in [7, 11) is 0. The van der Waals surface area contributed by atoms with Crippen molar-refractivity contribution >= 4 is 34.1 Å². The Morgan fingerprint density at radius 1 is 0.810 bits per heavy atom. The highest BCUT2D eigenvalue weighted by molar-refractivity contribution is 7.15. The monoisotopic (exact) mass is 860 g/mol. The zero-order valence-electron chi connectivity index (χ0n) is 34.4. The number of carbonyl (C=O) groups excluding carboxylic acids is 2. The minimum absolute atomic E-state index is 0.0649. The van der Waals surface area contributed by atoms with Gasteiger partial charge in [0.1, 0.15) is 5.75 Å². The van der Waals surface area contributed by atoms with Crippen molar-refractivity contribution in [3.05, 3.63) is 194 Å². The van der Waals surface area contributed by atoms with Gasteiger partial charge in [0, 0.05) is 71.0 Å². The summed E-state index contributed by atoms with van der Waals surface area (Å²) in [4.78, 5) is 45.8. The number of H-pyrrole nitrogens is 1. The molecule has 5 aromatic carbocycles. The third-order valence-corrected chi connectivity index (χ3v) is 13.5. The van der Waals surface area contributed by atoms with Crippen molar-refractivity contribution in [2.75, 3.05) is 26.2 Å². The van der Waals surface area contributed by atoms with E-state index >= 15 is 0 Å². The van der Waals surface area contributed by atoms with Gasteiger partial charge in [0.25, 0.3) is 5.91 Å². The van der Waals surface area contributed by atoms with Crippen LogP contribution in [-0.4, -0.2) is 63.3 Å². The molecule has 1 saturated carbocycles. The number of piperidine rings is 1. The van der Waals surface area contributed by atoms with Gasteiger partial charge in [0.05, 0.1) is 24.8 Å².